The number of aliphatic imine (C=N–C) groups is 1. The maximum Gasteiger partial charge on any atom is 0.128 e. The van der Waals surface area contributed by atoms with Gasteiger partial charge in [0.25, 0.3) is 0 Å². The highest BCUT2D eigenvalue weighted by Gasteiger charge is 2.15. The van der Waals surface area contributed by atoms with Gasteiger partial charge in [0.05, 0.1) is 25.0 Å². The fourth-order valence-electron chi connectivity index (χ4n) is 2.07. The molecule has 1 saturated heterocycles. The van der Waals surface area contributed by atoms with Crippen molar-refractivity contribution in [2.24, 2.45) is 4.99 Å². The van der Waals surface area contributed by atoms with Gasteiger partial charge in [0.1, 0.15) is 5.84 Å². The number of ether oxygens (including phenoxy) is 1. The van der Waals surface area contributed by atoms with Crippen LogP contribution in [0.1, 0.15) is 13.3 Å². The summed E-state index contributed by atoms with van der Waals surface area (Å²) < 4.78 is 5.33. The van der Waals surface area contributed by atoms with Crippen LogP contribution in [0.15, 0.2) is 41.1 Å². The molecule has 2 rings (SSSR count). The molecule has 1 fully saturated rings. The van der Waals surface area contributed by atoms with Crippen molar-refractivity contribution in [2.45, 2.75) is 19.4 Å². The van der Waals surface area contributed by atoms with Crippen molar-refractivity contribution < 1.29 is 9.84 Å². The first-order valence-electron chi connectivity index (χ1n) is 6.31. The summed E-state index contributed by atoms with van der Waals surface area (Å²) in [5, 5.41) is 9.64. The second-order valence-electron chi connectivity index (χ2n) is 4.52. The minimum absolute atomic E-state index is 0.428. The number of morpholine rings is 1. The van der Waals surface area contributed by atoms with Gasteiger partial charge in [-0.15, -0.1) is 0 Å². The molecule has 0 amide bonds. The lowest BCUT2D eigenvalue weighted by Crippen LogP contribution is -2.40. The zero-order chi connectivity index (χ0) is 13.0. The fraction of sp³-hybridized carbons (Fsp3) is 0.500. The normalized spacial score (nSPS) is 25.6. The standard InChI is InChI=1S/C14H20N2O2/c1-3-14(16-6-8-18-9-7-16)15-13-10-12(17)5-4-11(13)2/h3-4,10,12,17H,1,5-9H2,2H3. The molecule has 4 heteroatoms. The number of hydrogen-bond acceptors (Lipinski definition) is 3. The number of aliphatic hydroxyl groups is 1. The van der Waals surface area contributed by atoms with E-state index in [4.69, 9.17) is 4.74 Å². The van der Waals surface area contributed by atoms with Crippen molar-refractivity contribution in [3.05, 3.63) is 36.1 Å². The van der Waals surface area contributed by atoms with E-state index in [0.717, 1.165) is 43.4 Å². The summed E-state index contributed by atoms with van der Waals surface area (Å²) in [5.74, 6) is 0.853. The Bertz CT molecular complexity index is 404. The second-order valence-corrected chi connectivity index (χ2v) is 4.52. The van der Waals surface area contributed by atoms with Gasteiger partial charge in [0.2, 0.25) is 0 Å². The molecule has 1 atom stereocenters. The largest absolute Gasteiger partial charge is 0.389 e. The molecule has 0 radical (unpaired) electrons. The summed E-state index contributed by atoms with van der Waals surface area (Å²) in [7, 11) is 0. The lowest BCUT2D eigenvalue weighted by Gasteiger charge is -2.29. The summed E-state index contributed by atoms with van der Waals surface area (Å²) in [6, 6.07) is 0. The molecule has 0 aromatic carbocycles. The quantitative estimate of drug-likeness (QED) is 0.595. The van der Waals surface area contributed by atoms with Crippen molar-refractivity contribution in [3.63, 3.8) is 0 Å². The minimum Gasteiger partial charge on any atom is -0.389 e. The SMILES string of the molecule is C=CC(=NC1=CC(O)CC=C1C)N1CCOCC1. The van der Waals surface area contributed by atoms with Crippen molar-refractivity contribution >= 4 is 5.84 Å². The predicted octanol–water partition coefficient (Wildman–Crippen LogP) is 1.50. The number of amidine groups is 1. The Hall–Kier alpha value is -1.39. The number of aliphatic hydroxyl groups excluding tert-OH is 1. The number of allylic oxidation sites excluding steroid dienone is 1. The molecule has 0 aromatic heterocycles. The lowest BCUT2D eigenvalue weighted by atomic mass is 10.0. The van der Waals surface area contributed by atoms with Crippen LogP contribution in [-0.2, 0) is 4.74 Å². The van der Waals surface area contributed by atoms with Gasteiger partial charge in [-0.05, 0) is 31.1 Å². The van der Waals surface area contributed by atoms with Crippen LogP contribution in [0, 0.1) is 0 Å². The Morgan fingerprint density at radius 3 is 2.94 bits per heavy atom. The third kappa shape index (κ3) is 3.09. The van der Waals surface area contributed by atoms with Crippen molar-refractivity contribution in [1.29, 1.82) is 0 Å². The molecule has 18 heavy (non-hydrogen) atoms. The van der Waals surface area contributed by atoms with Gasteiger partial charge in [-0.2, -0.15) is 0 Å². The molecule has 0 spiro atoms. The molecule has 1 unspecified atom stereocenters. The number of rotatable bonds is 2. The van der Waals surface area contributed by atoms with Gasteiger partial charge in [0.15, 0.2) is 0 Å². The van der Waals surface area contributed by atoms with Crippen LogP contribution in [0.25, 0.3) is 0 Å². The van der Waals surface area contributed by atoms with E-state index in [9.17, 15) is 5.11 Å². The van der Waals surface area contributed by atoms with Crippen molar-refractivity contribution in [3.8, 4) is 0 Å². The third-order valence-corrected chi connectivity index (χ3v) is 3.17. The molecule has 2 aliphatic rings. The molecule has 1 aliphatic carbocycles. The van der Waals surface area contributed by atoms with Gasteiger partial charge in [-0.1, -0.05) is 12.7 Å². The molecular formula is C14H20N2O2. The van der Waals surface area contributed by atoms with E-state index in [0.29, 0.717) is 6.42 Å². The zero-order valence-electron chi connectivity index (χ0n) is 10.8. The molecule has 1 aliphatic heterocycles. The van der Waals surface area contributed by atoms with E-state index in [1.807, 2.05) is 13.0 Å². The Balaban J connectivity index is 2.18. The van der Waals surface area contributed by atoms with Crippen LogP contribution in [-0.4, -0.2) is 48.2 Å². The van der Waals surface area contributed by atoms with E-state index >= 15 is 0 Å². The van der Waals surface area contributed by atoms with Gasteiger partial charge >= 0.3 is 0 Å². The molecule has 0 aromatic rings. The maximum atomic E-state index is 9.64. The van der Waals surface area contributed by atoms with Crippen LogP contribution >= 0.6 is 0 Å². The molecule has 4 nitrogen and oxygen atoms in total. The smallest absolute Gasteiger partial charge is 0.128 e. The molecule has 0 saturated carbocycles. The topological polar surface area (TPSA) is 45.1 Å². The van der Waals surface area contributed by atoms with Gasteiger partial charge < -0.3 is 14.7 Å². The Morgan fingerprint density at radius 1 is 1.56 bits per heavy atom. The van der Waals surface area contributed by atoms with Gasteiger partial charge in [0, 0.05) is 13.1 Å². The van der Waals surface area contributed by atoms with E-state index in [1.165, 1.54) is 0 Å². The first-order valence-corrected chi connectivity index (χ1v) is 6.31. The molecular weight excluding hydrogens is 228 g/mol. The third-order valence-electron chi connectivity index (χ3n) is 3.17. The van der Waals surface area contributed by atoms with Crippen LogP contribution in [0.5, 0.6) is 0 Å². The van der Waals surface area contributed by atoms with Crippen LogP contribution in [0.4, 0.5) is 0 Å². The Labute approximate surface area is 108 Å². The van der Waals surface area contributed by atoms with Crippen molar-refractivity contribution in [1.82, 2.24) is 4.90 Å². The average Bonchev–Trinajstić information content (AvgIpc) is 2.41. The fourth-order valence-corrected chi connectivity index (χ4v) is 2.07. The predicted molar refractivity (Wildman–Crippen MR) is 72.5 cm³/mol. The summed E-state index contributed by atoms with van der Waals surface area (Å²) in [5.41, 5.74) is 1.95. The van der Waals surface area contributed by atoms with Gasteiger partial charge in [-0.25, -0.2) is 4.99 Å². The highest BCUT2D eigenvalue weighted by molar-refractivity contribution is 5.93. The number of hydrogen-bond donors (Lipinski definition) is 1. The minimum atomic E-state index is -0.428. The van der Waals surface area contributed by atoms with Crippen LogP contribution in [0.3, 0.4) is 0 Å². The average molecular weight is 248 g/mol. The monoisotopic (exact) mass is 248 g/mol. The zero-order valence-corrected chi connectivity index (χ0v) is 10.8. The van der Waals surface area contributed by atoms with Gasteiger partial charge in [-0.3, -0.25) is 0 Å². The first kappa shape index (κ1) is 13.1. The molecule has 1 N–H and O–H groups in total. The van der Waals surface area contributed by atoms with E-state index in [1.54, 1.807) is 12.2 Å². The van der Waals surface area contributed by atoms with E-state index in [2.05, 4.69) is 16.5 Å². The summed E-state index contributed by atoms with van der Waals surface area (Å²) in [6.07, 6.45) is 5.83. The van der Waals surface area contributed by atoms with E-state index in [-0.39, 0.29) is 0 Å². The number of nitrogens with zero attached hydrogens (tertiary/aromatic N) is 2. The molecule has 1 heterocycles. The molecule has 0 bridgehead atoms. The van der Waals surface area contributed by atoms with E-state index < -0.39 is 6.10 Å². The Morgan fingerprint density at radius 2 is 2.28 bits per heavy atom. The second kappa shape index (κ2) is 5.98. The summed E-state index contributed by atoms with van der Waals surface area (Å²) in [6.45, 7) is 8.96. The first-order chi connectivity index (χ1) is 8.70. The highest BCUT2D eigenvalue weighted by atomic mass is 16.5. The highest BCUT2D eigenvalue weighted by Crippen LogP contribution is 2.20. The van der Waals surface area contributed by atoms with Crippen molar-refractivity contribution in [2.75, 3.05) is 26.3 Å². The lowest BCUT2D eigenvalue weighted by molar-refractivity contribution is 0.0684. The summed E-state index contributed by atoms with van der Waals surface area (Å²) in [4.78, 5) is 6.77. The maximum absolute atomic E-state index is 9.64. The van der Waals surface area contributed by atoms with Crippen LogP contribution in [0.2, 0.25) is 0 Å². The van der Waals surface area contributed by atoms with Crippen LogP contribution < -0.4 is 0 Å². The summed E-state index contributed by atoms with van der Waals surface area (Å²) >= 11 is 0. The molecule has 98 valence electrons. The Kier molecular flexibility index (Phi) is 4.33.